The Morgan fingerprint density at radius 2 is 1.55 bits per heavy atom. The lowest BCUT2D eigenvalue weighted by Crippen LogP contribution is -2.73. The summed E-state index contributed by atoms with van der Waals surface area (Å²) in [4.78, 5) is 0.375. The van der Waals surface area contributed by atoms with E-state index in [0.29, 0.717) is 18.0 Å². The second kappa shape index (κ2) is 7.79. The fourth-order valence-corrected chi connectivity index (χ4v) is 6.78. The van der Waals surface area contributed by atoms with Gasteiger partial charge in [-0.25, -0.2) is 8.42 Å². The van der Waals surface area contributed by atoms with Crippen LogP contribution in [0.4, 0.5) is 0 Å². The normalized spacial score (nSPS) is 23.2. The van der Waals surface area contributed by atoms with Crippen LogP contribution in [0.25, 0.3) is 11.1 Å². The smallest absolute Gasteiger partial charge is 0.243 e. The van der Waals surface area contributed by atoms with E-state index < -0.39 is 10.0 Å². The van der Waals surface area contributed by atoms with Crippen LogP contribution in [0.1, 0.15) is 17.0 Å². The van der Waals surface area contributed by atoms with Gasteiger partial charge < -0.3 is 10.1 Å². The van der Waals surface area contributed by atoms with E-state index in [1.54, 1.807) is 23.5 Å². The molecule has 3 aromatic rings. The summed E-state index contributed by atoms with van der Waals surface area (Å²) in [5.41, 5.74) is 4.38. The van der Waals surface area contributed by atoms with Crippen molar-refractivity contribution in [2.24, 2.45) is 0 Å². The van der Waals surface area contributed by atoms with E-state index >= 15 is 0 Å². The zero-order valence-corrected chi connectivity index (χ0v) is 18.5. The van der Waals surface area contributed by atoms with Crippen LogP contribution in [0.2, 0.25) is 0 Å². The van der Waals surface area contributed by atoms with Gasteiger partial charge in [0, 0.05) is 36.7 Å². The standard InChI is InChI=1S/C25H26N2O3S/c1-17-7-13-20(14-8-17)31(28,29)27-22-15-26-16-23(27)25(22)19-11-9-18(10-12-19)21-5-3-4-6-24(21)30-2/h3-14,22-23,25-26H,15-16H2,1-2H3/t22-,23+,25?. The van der Waals surface area contributed by atoms with Crippen molar-refractivity contribution in [1.82, 2.24) is 9.62 Å². The van der Waals surface area contributed by atoms with E-state index in [0.717, 1.165) is 22.4 Å². The molecule has 2 heterocycles. The molecular formula is C25H26N2O3S. The first-order chi connectivity index (χ1) is 15.0. The Balaban J connectivity index is 1.42. The lowest BCUT2D eigenvalue weighted by Gasteiger charge is -2.57. The first-order valence-corrected chi connectivity index (χ1v) is 12.0. The van der Waals surface area contributed by atoms with Gasteiger partial charge in [-0.1, -0.05) is 60.2 Å². The van der Waals surface area contributed by atoms with Crippen molar-refractivity contribution in [1.29, 1.82) is 0 Å². The quantitative estimate of drug-likeness (QED) is 0.664. The van der Waals surface area contributed by atoms with E-state index in [2.05, 4.69) is 29.6 Å². The molecule has 3 aromatic carbocycles. The molecule has 31 heavy (non-hydrogen) atoms. The number of ether oxygens (including phenoxy) is 1. The molecule has 6 heteroatoms. The van der Waals surface area contributed by atoms with Crippen LogP contribution in [-0.4, -0.2) is 45.0 Å². The molecule has 1 N–H and O–H groups in total. The number of hydrogen-bond donors (Lipinski definition) is 1. The van der Waals surface area contributed by atoms with Crippen molar-refractivity contribution < 1.29 is 13.2 Å². The van der Waals surface area contributed by atoms with Crippen LogP contribution in [0.5, 0.6) is 5.75 Å². The van der Waals surface area contributed by atoms with Crippen molar-refractivity contribution in [2.75, 3.05) is 20.2 Å². The number of rotatable bonds is 5. The Labute approximate surface area is 183 Å². The van der Waals surface area contributed by atoms with Gasteiger partial charge in [0.2, 0.25) is 10.0 Å². The molecule has 0 amide bonds. The number of fused-ring (bicyclic) bond motifs is 2. The van der Waals surface area contributed by atoms with Gasteiger partial charge in [0.1, 0.15) is 5.75 Å². The summed E-state index contributed by atoms with van der Waals surface area (Å²) in [6.07, 6.45) is 0. The average molecular weight is 435 g/mol. The zero-order chi connectivity index (χ0) is 21.6. The van der Waals surface area contributed by atoms with Crippen molar-refractivity contribution in [3.8, 4) is 16.9 Å². The Morgan fingerprint density at radius 1 is 0.903 bits per heavy atom. The number of para-hydroxylation sites is 1. The van der Waals surface area contributed by atoms with E-state index in [-0.39, 0.29) is 18.0 Å². The summed E-state index contributed by atoms with van der Waals surface area (Å²) in [7, 11) is -1.82. The average Bonchev–Trinajstić information content (AvgIpc) is 2.80. The van der Waals surface area contributed by atoms with Gasteiger partial charge in [-0.15, -0.1) is 0 Å². The Hall–Kier alpha value is -2.67. The summed E-state index contributed by atoms with van der Waals surface area (Å²) < 4.78 is 33.8. The lowest BCUT2D eigenvalue weighted by atomic mass is 9.74. The third-order valence-electron chi connectivity index (χ3n) is 6.50. The second-order valence-corrected chi connectivity index (χ2v) is 10.1. The number of aryl methyl sites for hydroxylation is 1. The zero-order valence-electron chi connectivity index (χ0n) is 17.7. The first-order valence-electron chi connectivity index (χ1n) is 10.5. The maximum absolute atomic E-state index is 13.3. The number of benzene rings is 3. The van der Waals surface area contributed by atoms with Crippen LogP contribution in [0, 0.1) is 6.92 Å². The van der Waals surface area contributed by atoms with Crippen molar-refractivity contribution >= 4 is 10.0 Å². The van der Waals surface area contributed by atoms with Crippen LogP contribution >= 0.6 is 0 Å². The molecular weight excluding hydrogens is 408 g/mol. The maximum atomic E-state index is 13.3. The molecule has 2 bridgehead atoms. The highest BCUT2D eigenvalue weighted by atomic mass is 32.2. The number of nitrogens with zero attached hydrogens (tertiary/aromatic N) is 1. The number of sulfonamides is 1. The van der Waals surface area contributed by atoms with Crippen LogP contribution in [0.15, 0.2) is 77.7 Å². The number of piperazine rings is 1. The Kier molecular flexibility index (Phi) is 5.08. The predicted molar refractivity (Wildman–Crippen MR) is 122 cm³/mol. The minimum Gasteiger partial charge on any atom is -0.496 e. The van der Waals surface area contributed by atoms with Gasteiger partial charge in [0.25, 0.3) is 0 Å². The maximum Gasteiger partial charge on any atom is 0.243 e. The highest BCUT2D eigenvalue weighted by molar-refractivity contribution is 7.89. The van der Waals surface area contributed by atoms with E-state index in [9.17, 15) is 8.42 Å². The summed E-state index contributed by atoms with van der Waals surface area (Å²) in [6.45, 7) is 3.30. The Morgan fingerprint density at radius 3 is 2.19 bits per heavy atom. The van der Waals surface area contributed by atoms with Gasteiger partial charge in [-0.2, -0.15) is 4.31 Å². The van der Waals surface area contributed by atoms with Gasteiger partial charge in [-0.05, 0) is 36.2 Å². The summed E-state index contributed by atoms with van der Waals surface area (Å²) in [6, 6.07) is 23.4. The number of methoxy groups -OCH3 is 1. The van der Waals surface area contributed by atoms with Crippen molar-refractivity contribution in [2.45, 2.75) is 29.8 Å². The lowest BCUT2D eigenvalue weighted by molar-refractivity contribution is 0.0370. The third-order valence-corrected chi connectivity index (χ3v) is 8.46. The van der Waals surface area contributed by atoms with Crippen molar-refractivity contribution in [3.63, 3.8) is 0 Å². The largest absolute Gasteiger partial charge is 0.496 e. The number of hydrogen-bond acceptors (Lipinski definition) is 4. The Bertz CT molecular complexity index is 1180. The third kappa shape index (κ3) is 3.35. The van der Waals surface area contributed by atoms with Crippen LogP contribution in [-0.2, 0) is 10.0 Å². The molecule has 0 aromatic heterocycles. The van der Waals surface area contributed by atoms with Crippen molar-refractivity contribution in [3.05, 3.63) is 83.9 Å². The van der Waals surface area contributed by atoms with E-state index in [1.807, 2.05) is 43.3 Å². The molecule has 0 aliphatic carbocycles. The van der Waals surface area contributed by atoms with E-state index in [1.165, 1.54) is 5.56 Å². The molecule has 0 spiro atoms. The minimum absolute atomic E-state index is 0.0674. The molecule has 5 nitrogen and oxygen atoms in total. The van der Waals surface area contributed by atoms with Crippen LogP contribution < -0.4 is 10.1 Å². The highest BCUT2D eigenvalue weighted by Crippen LogP contribution is 2.46. The summed E-state index contributed by atoms with van der Waals surface area (Å²) in [5, 5.41) is 3.38. The topological polar surface area (TPSA) is 58.6 Å². The fraction of sp³-hybridized carbons (Fsp3) is 0.280. The van der Waals surface area contributed by atoms with Gasteiger partial charge >= 0.3 is 0 Å². The van der Waals surface area contributed by atoms with Crippen LogP contribution in [0.3, 0.4) is 0 Å². The second-order valence-electron chi connectivity index (χ2n) is 8.29. The first kappa shape index (κ1) is 20.2. The molecule has 5 rings (SSSR count). The molecule has 2 aliphatic rings. The summed E-state index contributed by atoms with van der Waals surface area (Å²) >= 11 is 0. The van der Waals surface area contributed by atoms with Gasteiger partial charge in [0.05, 0.1) is 12.0 Å². The molecule has 2 saturated heterocycles. The fourth-order valence-electron chi connectivity index (χ4n) is 4.93. The molecule has 0 saturated carbocycles. The molecule has 0 radical (unpaired) electrons. The molecule has 160 valence electrons. The monoisotopic (exact) mass is 434 g/mol. The van der Waals surface area contributed by atoms with E-state index in [4.69, 9.17) is 4.74 Å². The highest BCUT2D eigenvalue weighted by Gasteiger charge is 2.56. The molecule has 1 unspecified atom stereocenters. The number of piperidine rings is 1. The molecule has 3 atom stereocenters. The molecule has 2 fully saturated rings. The van der Waals surface area contributed by atoms with Gasteiger partial charge in [-0.3, -0.25) is 0 Å². The minimum atomic E-state index is -3.50. The summed E-state index contributed by atoms with van der Waals surface area (Å²) in [5.74, 6) is 1.04. The predicted octanol–water partition coefficient (Wildman–Crippen LogP) is 3.80. The SMILES string of the molecule is COc1ccccc1-c1ccc(C2[C@H]3CNC[C@@H]2N3S(=O)(=O)c2ccc(C)cc2)cc1. The molecule has 2 aliphatic heterocycles. The van der Waals surface area contributed by atoms with Gasteiger partial charge in [0.15, 0.2) is 0 Å². The number of nitrogens with one attached hydrogen (secondary N) is 1.